The first-order valence-corrected chi connectivity index (χ1v) is 9.03. The number of aromatic nitrogens is 1. The molecule has 21 heavy (non-hydrogen) atoms. The molecule has 0 aliphatic carbocycles. The van der Waals surface area contributed by atoms with Crippen molar-refractivity contribution < 1.29 is 5.11 Å². The van der Waals surface area contributed by atoms with Gasteiger partial charge in [0.15, 0.2) is 0 Å². The standard InChI is InChI=1S/C16H13INOPS/c17-12-7-11(16(19)13(20)8-12)9-21-14-5-1-3-10-4-2-6-18-15(10)14/h1-8,19H,9,20H2. The Morgan fingerprint density at radius 3 is 2.86 bits per heavy atom. The lowest BCUT2D eigenvalue weighted by Gasteiger charge is -2.09. The molecule has 0 fully saturated rings. The van der Waals surface area contributed by atoms with Gasteiger partial charge in [0.1, 0.15) is 5.75 Å². The molecule has 3 rings (SSSR count). The Bertz CT molecular complexity index is 804. The fourth-order valence-corrected chi connectivity index (χ4v) is 4.57. The van der Waals surface area contributed by atoms with Crippen LogP contribution in [0.25, 0.3) is 10.9 Å². The van der Waals surface area contributed by atoms with E-state index in [1.54, 1.807) is 11.8 Å². The number of rotatable bonds is 3. The molecule has 106 valence electrons. The molecule has 2 nitrogen and oxygen atoms in total. The van der Waals surface area contributed by atoms with Crippen LogP contribution in [0.15, 0.2) is 53.6 Å². The number of thioether (sulfide) groups is 1. The van der Waals surface area contributed by atoms with Crippen LogP contribution < -0.4 is 5.30 Å². The van der Waals surface area contributed by atoms with E-state index in [2.05, 4.69) is 55.0 Å². The average molecular weight is 425 g/mol. The Morgan fingerprint density at radius 2 is 2.00 bits per heavy atom. The van der Waals surface area contributed by atoms with E-state index in [0.29, 0.717) is 5.75 Å². The van der Waals surface area contributed by atoms with Gasteiger partial charge in [-0.1, -0.05) is 18.2 Å². The maximum Gasteiger partial charge on any atom is 0.126 e. The third kappa shape index (κ3) is 3.33. The second kappa shape index (κ2) is 6.51. The molecular formula is C16H13INOPS. The van der Waals surface area contributed by atoms with Gasteiger partial charge >= 0.3 is 0 Å². The maximum absolute atomic E-state index is 10.2. The number of nitrogens with zero attached hydrogens (tertiary/aromatic N) is 1. The van der Waals surface area contributed by atoms with Gasteiger partial charge in [-0.15, -0.1) is 21.0 Å². The molecule has 0 saturated carbocycles. The van der Waals surface area contributed by atoms with E-state index < -0.39 is 0 Å². The molecule has 1 heterocycles. The Labute approximate surface area is 143 Å². The monoisotopic (exact) mass is 425 g/mol. The number of fused-ring (bicyclic) bond motifs is 1. The van der Waals surface area contributed by atoms with E-state index in [1.165, 1.54) is 0 Å². The van der Waals surface area contributed by atoms with Crippen LogP contribution in [-0.4, -0.2) is 10.1 Å². The number of benzene rings is 2. The second-order valence-electron chi connectivity index (χ2n) is 4.62. The summed E-state index contributed by atoms with van der Waals surface area (Å²) < 4.78 is 1.13. The van der Waals surface area contributed by atoms with Crippen LogP contribution in [0.1, 0.15) is 5.56 Å². The van der Waals surface area contributed by atoms with Gasteiger partial charge in [0.25, 0.3) is 0 Å². The van der Waals surface area contributed by atoms with Crippen LogP contribution in [0.2, 0.25) is 0 Å². The molecule has 0 radical (unpaired) electrons. The fraction of sp³-hybridized carbons (Fsp3) is 0.0625. The topological polar surface area (TPSA) is 33.1 Å². The van der Waals surface area contributed by atoms with E-state index in [4.69, 9.17) is 0 Å². The number of hydrogen-bond donors (Lipinski definition) is 1. The maximum atomic E-state index is 10.2. The fourth-order valence-electron chi connectivity index (χ4n) is 2.14. The van der Waals surface area contributed by atoms with Crippen molar-refractivity contribution in [1.82, 2.24) is 4.98 Å². The zero-order valence-electron chi connectivity index (χ0n) is 11.1. The molecule has 1 aromatic heterocycles. The zero-order valence-corrected chi connectivity index (χ0v) is 15.2. The smallest absolute Gasteiger partial charge is 0.126 e. The summed E-state index contributed by atoms with van der Waals surface area (Å²) in [6.07, 6.45) is 1.82. The van der Waals surface area contributed by atoms with Gasteiger partial charge in [-0.05, 0) is 46.9 Å². The van der Waals surface area contributed by atoms with Crippen molar-refractivity contribution in [3.05, 3.63) is 57.8 Å². The third-order valence-electron chi connectivity index (χ3n) is 3.16. The van der Waals surface area contributed by atoms with Gasteiger partial charge in [-0.25, -0.2) is 0 Å². The van der Waals surface area contributed by atoms with Gasteiger partial charge in [-0.3, -0.25) is 4.98 Å². The van der Waals surface area contributed by atoms with Crippen LogP contribution in [-0.2, 0) is 5.75 Å². The molecule has 0 saturated heterocycles. The average Bonchev–Trinajstić information content (AvgIpc) is 2.49. The normalized spacial score (nSPS) is 11.0. The van der Waals surface area contributed by atoms with Crippen molar-refractivity contribution in [2.24, 2.45) is 0 Å². The molecule has 0 aliphatic rings. The summed E-state index contributed by atoms with van der Waals surface area (Å²) >= 11 is 3.97. The lowest BCUT2D eigenvalue weighted by molar-refractivity contribution is 0.475. The first kappa shape index (κ1) is 15.1. The molecule has 5 heteroatoms. The van der Waals surface area contributed by atoms with Crippen molar-refractivity contribution >= 4 is 59.8 Å². The molecule has 1 atom stereocenters. The van der Waals surface area contributed by atoms with Crippen LogP contribution in [0.3, 0.4) is 0 Å². The minimum Gasteiger partial charge on any atom is -0.507 e. The molecule has 0 spiro atoms. The molecule has 0 bridgehead atoms. The number of hydrogen-bond acceptors (Lipinski definition) is 3. The number of halogens is 1. The SMILES string of the molecule is Oc1c(P)cc(I)cc1CSc1cccc2cccnc12. The van der Waals surface area contributed by atoms with E-state index in [1.807, 2.05) is 30.5 Å². The first-order valence-electron chi connectivity index (χ1n) is 6.38. The van der Waals surface area contributed by atoms with Crippen LogP contribution in [0.4, 0.5) is 0 Å². The third-order valence-corrected chi connectivity index (χ3v) is 5.32. The zero-order chi connectivity index (χ0) is 14.8. The Balaban J connectivity index is 1.91. The van der Waals surface area contributed by atoms with Gasteiger partial charge in [-0.2, -0.15) is 0 Å². The van der Waals surface area contributed by atoms with E-state index in [0.717, 1.165) is 36.0 Å². The van der Waals surface area contributed by atoms with E-state index in [9.17, 15) is 5.11 Å². The van der Waals surface area contributed by atoms with Crippen molar-refractivity contribution in [2.45, 2.75) is 10.6 Å². The predicted molar refractivity (Wildman–Crippen MR) is 101 cm³/mol. The van der Waals surface area contributed by atoms with Crippen LogP contribution in [0.5, 0.6) is 5.75 Å². The minimum atomic E-state index is 0.362. The van der Waals surface area contributed by atoms with E-state index >= 15 is 0 Å². The van der Waals surface area contributed by atoms with Crippen molar-refractivity contribution in [2.75, 3.05) is 0 Å². The Kier molecular flexibility index (Phi) is 4.67. The summed E-state index contributed by atoms with van der Waals surface area (Å²) in [5.74, 6) is 1.08. The quantitative estimate of drug-likeness (QED) is 0.385. The molecule has 2 aromatic carbocycles. The summed E-state index contributed by atoms with van der Waals surface area (Å²) in [4.78, 5) is 5.60. The van der Waals surface area contributed by atoms with Gasteiger partial charge in [0.05, 0.1) is 5.52 Å². The summed E-state index contributed by atoms with van der Waals surface area (Å²) in [5.41, 5.74) is 1.96. The van der Waals surface area contributed by atoms with Crippen molar-refractivity contribution in [1.29, 1.82) is 0 Å². The highest BCUT2D eigenvalue weighted by Gasteiger charge is 2.09. The summed E-state index contributed by atoms with van der Waals surface area (Å²) in [6.45, 7) is 0. The second-order valence-corrected chi connectivity index (χ2v) is 7.51. The molecular weight excluding hydrogens is 412 g/mol. The highest BCUT2D eigenvalue weighted by atomic mass is 127. The summed E-state index contributed by atoms with van der Waals surface area (Å²) in [5, 5.41) is 12.1. The number of para-hydroxylation sites is 1. The molecule has 0 amide bonds. The number of phenolic OH excluding ortho intramolecular Hbond substituents is 1. The molecule has 0 aliphatic heterocycles. The first-order chi connectivity index (χ1) is 10.1. The summed E-state index contributed by atoms with van der Waals surface area (Å²) in [6, 6.07) is 14.2. The van der Waals surface area contributed by atoms with Crippen LogP contribution in [0, 0.1) is 3.57 Å². The Hall–Kier alpha value is -0.840. The van der Waals surface area contributed by atoms with Crippen LogP contribution >= 0.6 is 43.6 Å². The molecule has 1 N–H and O–H groups in total. The van der Waals surface area contributed by atoms with Gasteiger partial charge in [0, 0.05) is 36.7 Å². The van der Waals surface area contributed by atoms with Crippen molar-refractivity contribution in [3.8, 4) is 5.75 Å². The minimum absolute atomic E-state index is 0.362. The highest BCUT2D eigenvalue weighted by molar-refractivity contribution is 14.1. The van der Waals surface area contributed by atoms with E-state index in [-0.39, 0.29) is 0 Å². The molecule has 3 aromatic rings. The number of pyridine rings is 1. The lowest BCUT2D eigenvalue weighted by Crippen LogP contribution is -1.97. The predicted octanol–water partition coefficient (Wildman–Crippen LogP) is 4.34. The molecule has 1 unspecified atom stereocenters. The lowest BCUT2D eigenvalue weighted by atomic mass is 10.2. The summed E-state index contributed by atoms with van der Waals surface area (Å²) in [7, 11) is 2.58. The highest BCUT2D eigenvalue weighted by Crippen LogP contribution is 2.32. The Morgan fingerprint density at radius 1 is 1.19 bits per heavy atom. The van der Waals surface area contributed by atoms with Gasteiger partial charge in [0.2, 0.25) is 0 Å². The largest absolute Gasteiger partial charge is 0.507 e. The van der Waals surface area contributed by atoms with Gasteiger partial charge < -0.3 is 5.11 Å². The number of aromatic hydroxyl groups is 1. The number of phenols is 1. The van der Waals surface area contributed by atoms with Crippen molar-refractivity contribution in [3.63, 3.8) is 0 Å².